The number of rotatable bonds is 4. The molecule has 0 saturated carbocycles. The van der Waals surface area contributed by atoms with Crippen molar-refractivity contribution in [3.8, 4) is 0 Å². The summed E-state index contributed by atoms with van der Waals surface area (Å²) < 4.78 is 98.6. The molecule has 0 radical (unpaired) electrons. The van der Waals surface area contributed by atoms with Crippen molar-refractivity contribution < 1.29 is 54.2 Å². The number of hydrogen-bond acceptors (Lipinski definition) is 6. The van der Waals surface area contributed by atoms with Crippen LogP contribution < -0.4 is 5.32 Å². The number of carbonyl (C=O) groups excluding carboxylic acids is 1. The summed E-state index contributed by atoms with van der Waals surface area (Å²) in [4.78, 5) is 24.7. The number of hydrogen-bond donors (Lipinski definition) is 2. The van der Waals surface area contributed by atoms with Gasteiger partial charge in [0.15, 0.2) is 0 Å². The standard InChI is InChI=1S/C14H16F3N3O4S.C2HF3O2/c15-14(16,17)25(22,23)20-6-11-10(8-24-12(11)7-20)5-19-13(21)9-1-3-18-4-2-9;3-2(4,5)1(6)7/h1-4,10-12H,5-8H2,(H,19,21);(H,6,7)/t10-,11+,12+;/m0./s1. The molecule has 3 atom stereocenters. The lowest BCUT2D eigenvalue weighted by Gasteiger charge is -2.20. The molecule has 3 rings (SSSR count). The number of carboxylic acid groups (broad SMARTS) is 1. The zero-order valence-electron chi connectivity index (χ0n) is 15.9. The molecule has 2 N–H and O–H groups in total. The summed E-state index contributed by atoms with van der Waals surface area (Å²) in [6.07, 6.45) is -2.72. The Kier molecular flexibility index (Phi) is 7.72. The Morgan fingerprint density at radius 2 is 1.72 bits per heavy atom. The molecule has 180 valence electrons. The summed E-state index contributed by atoms with van der Waals surface area (Å²) in [5, 5.41) is 9.83. The lowest BCUT2D eigenvalue weighted by Crippen LogP contribution is -2.41. The van der Waals surface area contributed by atoms with Crippen LogP contribution in [0.25, 0.3) is 0 Å². The van der Waals surface area contributed by atoms with Gasteiger partial charge in [0.1, 0.15) is 0 Å². The number of halogens is 6. The quantitative estimate of drug-likeness (QED) is 0.605. The number of sulfonamides is 1. The third-order valence-corrected chi connectivity index (χ3v) is 6.31. The lowest BCUT2D eigenvalue weighted by atomic mass is 9.93. The molecule has 0 bridgehead atoms. The number of nitrogens with zero attached hydrogens (tertiary/aromatic N) is 2. The van der Waals surface area contributed by atoms with Crippen LogP contribution in [0.5, 0.6) is 0 Å². The zero-order chi connectivity index (χ0) is 24.3. The number of aliphatic carboxylic acids is 1. The number of carboxylic acids is 1. The van der Waals surface area contributed by atoms with Gasteiger partial charge in [0.2, 0.25) is 0 Å². The highest BCUT2D eigenvalue weighted by Gasteiger charge is 2.55. The molecular weight excluding hydrogens is 476 g/mol. The van der Waals surface area contributed by atoms with E-state index in [2.05, 4.69) is 10.3 Å². The monoisotopic (exact) mass is 493 g/mol. The van der Waals surface area contributed by atoms with Gasteiger partial charge in [-0.1, -0.05) is 0 Å². The van der Waals surface area contributed by atoms with E-state index in [9.17, 15) is 39.6 Å². The summed E-state index contributed by atoms with van der Waals surface area (Å²) in [7, 11) is -5.36. The van der Waals surface area contributed by atoms with Crippen LogP contribution in [-0.2, 0) is 19.6 Å². The van der Waals surface area contributed by atoms with Crippen molar-refractivity contribution in [1.29, 1.82) is 0 Å². The minimum atomic E-state index is -5.36. The van der Waals surface area contributed by atoms with Gasteiger partial charge in [-0.2, -0.15) is 30.6 Å². The largest absolute Gasteiger partial charge is 0.511 e. The van der Waals surface area contributed by atoms with Crippen molar-refractivity contribution in [3.05, 3.63) is 30.1 Å². The van der Waals surface area contributed by atoms with Gasteiger partial charge in [0.25, 0.3) is 5.91 Å². The maximum absolute atomic E-state index is 12.7. The van der Waals surface area contributed by atoms with Crippen LogP contribution in [0.4, 0.5) is 26.3 Å². The van der Waals surface area contributed by atoms with Crippen molar-refractivity contribution in [2.24, 2.45) is 11.8 Å². The Balaban J connectivity index is 0.000000451. The molecule has 2 fully saturated rings. The maximum atomic E-state index is 12.7. The van der Waals surface area contributed by atoms with E-state index in [0.29, 0.717) is 9.87 Å². The number of nitrogens with one attached hydrogen (secondary N) is 1. The Morgan fingerprint density at radius 3 is 2.22 bits per heavy atom. The molecule has 2 aliphatic heterocycles. The molecule has 2 saturated heterocycles. The highest BCUT2D eigenvalue weighted by molar-refractivity contribution is 7.90. The molecule has 0 unspecified atom stereocenters. The Labute approximate surface area is 177 Å². The van der Waals surface area contributed by atoms with E-state index in [1.165, 1.54) is 24.5 Å². The molecule has 32 heavy (non-hydrogen) atoms. The van der Waals surface area contributed by atoms with Crippen molar-refractivity contribution in [3.63, 3.8) is 0 Å². The number of fused-ring (bicyclic) bond motifs is 1. The third kappa shape index (κ3) is 6.07. The second kappa shape index (κ2) is 9.58. The Morgan fingerprint density at radius 1 is 1.16 bits per heavy atom. The van der Waals surface area contributed by atoms with E-state index < -0.39 is 33.8 Å². The fraction of sp³-hybridized carbons (Fsp3) is 0.562. The van der Waals surface area contributed by atoms with Crippen LogP contribution >= 0.6 is 0 Å². The summed E-state index contributed by atoms with van der Waals surface area (Å²) in [5.41, 5.74) is -4.91. The van der Waals surface area contributed by atoms with Crippen LogP contribution in [0.3, 0.4) is 0 Å². The van der Waals surface area contributed by atoms with Crippen molar-refractivity contribution >= 4 is 21.9 Å². The lowest BCUT2D eigenvalue weighted by molar-refractivity contribution is -0.192. The van der Waals surface area contributed by atoms with E-state index in [1.54, 1.807) is 0 Å². The molecule has 0 aliphatic carbocycles. The summed E-state index contributed by atoms with van der Waals surface area (Å²) in [5.74, 6) is -3.71. The third-order valence-electron chi connectivity index (χ3n) is 4.75. The van der Waals surface area contributed by atoms with E-state index >= 15 is 0 Å². The Bertz CT molecular complexity index is 924. The fourth-order valence-electron chi connectivity index (χ4n) is 3.15. The average molecular weight is 493 g/mol. The zero-order valence-corrected chi connectivity index (χ0v) is 16.7. The summed E-state index contributed by atoms with van der Waals surface area (Å²) in [6.45, 7) is -0.113. The number of carbonyl (C=O) groups is 2. The van der Waals surface area contributed by atoms with Gasteiger partial charge in [0.05, 0.1) is 12.7 Å². The molecule has 1 aromatic heterocycles. The highest BCUT2D eigenvalue weighted by Crippen LogP contribution is 2.38. The van der Waals surface area contributed by atoms with Gasteiger partial charge in [-0.25, -0.2) is 13.2 Å². The molecule has 1 aromatic rings. The number of amides is 1. The number of aromatic nitrogens is 1. The summed E-state index contributed by atoms with van der Waals surface area (Å²) >= 11 is 0. The maximum Gasteiger partial charge on any atom is 0.511 e. The van der Waals surface area contributed by atoms with E-state index in [0.717, 1.165) is 0 Å². The van der Waals surface area contributed by atoms with Gasteiger partial charge in [-0.3, -0.25) is 9.78 Å². The van der Waals surface area contributed by atoms with Crippen LogP contribution in [0.2, 0.25) is 0 Å². The van der Waals surface area contributed by atoms with Gasteiger partial charge in [-0.15, -0.1) is 0 Å². The molecule has 0 aromatic carbocycles. The van der Waals surface area contributed by atoms with Crippen LogP contribution in [-0.4, -0.2) is 78.7 Å². The first-order valence-electron chi connectivity index (χ1n) is 8.81. The average Bonchev–Trinajstić information content (AvgIpc) is 3.27. The second-order valence-corrected chi connectivity index (χ2v) is 8.74. The minimum Gasteiger partial charge on any atom is -0.475 e. The first kappa shape index (κ1) is 25.8. The number of alkyl halides is 6. The smallest absolute Gasteiger partial charge is 0.475 e. The van der Waals surface area contributed by atoms with E-state index in [-0.39, 0.29) is 44.0 Å². The molecule has 3 heterocycles. The fourth-order valence-corrected chi connectivity index (χ4v) is 4.15. The van der Waals surface area contributed by atoms with Crippen LogP contribution in [0, 0.1) is 11.8 Å². The predicted octanol–water partition coefficient (Wildman–Crippen LogP) is 1.24. The van der Waals surface area contributed by atoms with E-state index in [1.807, 2.05) is 0 Å². The van der Waals surface area contributed by atoms with Crippen molar-refractivity contribution in [2.75, 3.05) is 26.2 Å². The van der Waals surface area contributed by atoms with Gasteiger partial charge in [0, 0.05) is 49.4 Å². The molecule has 9 nitrogen and oxygen atoms in total. The van der Waals surface area contributed by atoms with Crippen LogP contribution in [0.15, 0.2) is 24.5 Å². The van der Waals surface area contributed by atoms with Crippen LogP contribution in [0.1, 0.15) is 10.4 Å². The molecular formula is C16H17F6N3O6S. The van der Waals surface area contributed by atoms with Crippen molar-refractivity contribution in [1.82, 2.24) is 14.6 Å². The minimum absolute atomic E-state index is 0.197. The molecule has 2 aliphatic rings. The normalized spacial score (nSPS) is 23.8. The van der Waals surface area contributed by atoms with Gasteiger partial charge < -0.3 is 15.2 Å². The van der Waals surface area contributed by atoms with Gasteiger partial charge >= 0.3 is 27.7 Å². The molecule has 16 heteroatoms. The first-order valence-corrected chi connectivity index (χ1v) is 10.2. The number of pyridine rings is 1. The molecule has 1 amide bonds. The second-order valence-electron chi connectivity index (χ2n) is 6.81. The highest BCUT2D eigenvalue weighted by atomic mass is 32.2. The van der Waals surface area contributed by atoms with Crippen molar-refractivity contribution in [2.45, 2.75) is 17.8 Å². The predicted molar refractivity (Wildman–Crippen MR) is 93.5 cm³/mol. The van der Waals surface area contributed by atoms with E-state index in [4.69, 9.17) is 14.6 Å². The first-order chi connectivity index (χ1) is 14.6. The summed E-state index contributed by atoms with van der Waals surface area (Å²) in [6, 6.07) is 3.08. The SMILES string of the molecule is O=C(NC[C@H]1CO[C@@H]2CN(S(=O)(=O)C(F)(F)F)C[C@H]12)c1ccncc1.O=C(O)C(F)(F)F. The van der Waals surface area contributed by atoms with Gasteiger partial charge in [-0.05, 0) is 12.1 Å². The Hall–Kier alpha value is -2.46. The number of ether oxygens (including phenoxy) is 1. The molecule has 0 spiro atoms. The topological polar surface area (TPSA) is 126 Å².